The molecule has 1 heterocycles. The molecule has 0 saturated carbocycles. The molecule has 0 spiro atoms. The van der Waals surface area contributed by atoms with Gasteiger partial charge >= 0.3 is 5.97 Å². The van der Waals surface area contributed by atoms with E-state index in [-0.39, 0.29) is 30.2 Å². The standard InChI is InChI=1S/C15H18FNO3/c1-9(2)20-15(19)12-8-13(18)17(3)14(12)10-4-6-11(16)7-5-10/h4-7,9,12,14H,8H2,1-3H3/t12-,14+/m1/s1. The lowest BCUT2D eigenvalue weighted by atomic mass is 9.94. The first-order chi connectivity index (χ1) is 9.40. The van der Waals surface area contributed by atoms with Crippen LogP contribution in [-0.4, -0.2) is 29.9 Å². The van der Waals surface area contributed by atoms with Gasteiger partial charge in [0.2, 0.25) is 5.91 Å². The van der Waals surface area contributed by atoms with E-state index in [9.17, 15) is 14.0 Å². The minimum atomic E-state index is -0.541. The summed E-state index contributed by atoms with van der Waals surface area (Å²) in [6, 6.07) is 5.47. The van der Waals surface area contributed by atoms with Gasteiger partial charge in [-0.15, -0.1) is 0 Å². The maximum Gasteiger partial charge on any atom is 0.312 e. The number of benzene rings is 1. The van der Waals surface area contributed by atoms with E-state index in [1.165, 1.54) is 17.0 Å². The molecule has 0 unspecified atom stereocenters. The zero-order chi connectivity index (χ0) is 14.9. The lowest BCUT2D eigenvalue weighted by molar-refractivity contribution is -0.153. The summed E-state index contributed by atoms with van der Waals surface area (Å²) in [6.45, 7) is 3.54. The number of hydrogen-bond acceptors (Lipinski definition) is 3. The molecule has 1 saturated heterocycles. The predicted octanol–water partition coefficient (Wildman–Crippen LogP) is 2.30. The van der Waals surface area contributed by atoms with Crippen LogP contribution in [0.15, 0.2) is 24.3 Å². The monoisotopic (exact) mass is 279 g/mol. The normalized spacial score (nSPS) is 22.4. The average Bonchev–Trinajstić information content (AvgIpc) is 2.67. The Kier molecular flexibility index (Phi) is 4.06. The van der Waals surface area contributed by atoms with Crippen molar-refractivity contribution in [2.75, 3.05) is 7.05 Å². The Morgan fingerprint density at radius 1 is 1.35 bits per heavy atom. The maximum absolute atomic E-state index is 13.0. The third-order valence-electron chi connectivity index (χ3n) is 3.45. The Morgan fingerprint density at radius 2 is 1.95 bits per heavy atom. The second kappa shape index (κ2) is 5.61. The second-order valence-electron chi connectivity index (χ2n) is 5.30. The van der Waals surface area contributed by atoms with Crippen LogP contribution in [0, 0.1) is 11.7 Å². The second-order valence-corrected chi connectivity index (χ2v) is 5.30. The lowest BCUT2D eigenvalue weighted by Crippen LogP contribution is -2.29. The molecule has 0 radical (unpaired) electrons. The van der Waals surface area contributed by atoms with Crippen molar-refractivity contribution < 1.29 is 18.7 Å². The summed E-state index contributed by atoms with van der Waals surface area (Å²) in [5, 5.41) is 0. The fraction of sp³-hybridized carbons (Fsp3) is 0.467. The van der Waals surface area contributed by atoms with E-state index in [4.69, 9.17) is 4.74 Å². The molecule has 0 aromatic heterocycles. The molecule has 1 fully saturated rings. The van der Waals surface area contributed by atoms with Crippen LogP contribution >= 0.6 is 0 Å². The highest BCUT2D eigenvalue weighted by Gasteiger charge is 2.43. The number of amides is 1. The Balaban J connectivity index is 2.28. The summed E-state index contributed by atoms with van der Waals surface area (Å²) in [6.07, 6.45) is -0.0956. The molecule has 20 heavy (non-hydrogen) atoms. The number of nitrogens with zero attached hydrogens (tertiary/aromatic N) is 1. The molecule has 108 valence electrons. The summed E-state index contributed by atoms with van der Waals surface area (Å²) in [5.74, 6) is -1.38. The highest BCUT2D eigenvalue weighted by atomic mass is 19.1. The van der Waals surface area contributed by atoms with Crippen molar-refractivity contribution in [1.82, 2.24) is 4.90 Å². The van der Waals surface area contributed by atoms with Gasteiger partial charge in [0.25, 0.3) is 0 Å². The van der Waals surface area contributed by atoms with Gasteiger partial charge in [0.1, 0.15) is 5.82 Å². The lowest BCUT2D eigenvalue weighted by Gasteiger charge is -2.25. The molecule has 1 aliphatic heterocycles. The van der Waals surface area contributed by atoms with Gasteiger partial charge in [0, 0.05) is 13.5 Å². The molecular weight excluding hydrogens is 261 g/mol. The van der Waals surface area contributed by atoms with Gasteiger partial charge in [-0.1, -0.05) is 12.1 Å². The predicted molar refractivity (Wildman–Crippen MR) is 71.2 cm³/mol. The van der Waals surface area contributed by atoms with Crippen LogP contribution in [-0.2, 0) is 14.3 Å². The molecule has 0 bridgehead atoms. The van der Waals surface area contributed by atoms with Crippen molar-refractivity contribution in [3.05, 3.63) is 35.6 Å². The number of carbonyl (C=O) groups excluding carboxylic acids is 2. The summed E-state index contributed by atoms with van der Waals surface area (Å²) in [5.41, 5.74) is 0.741. The van der Waals surface area contributed by atoms with E-state index in [1.807, 2.05) is 0 Å². The van der Waals surface area contributed by atoms with Crippen molar-refractivity contribution in [1.29, 1.82) is 0 Å². The van der Waals surface area contributed by atoms with Gasteiger partial charge in [0.15, 0.2) is 0 Å². The number of esters is 1. The molecule has 1 aromatic carbocycles. The van der Waals surface area contributed by atoms with E-state index >= 15 is 0 Å². The summed E-state index contributed by atoms with van der Waals surface area (Å²) >= 11 is 0. The Bertz CT molecular complexity index is 512. The first-order valence-corrected chi connectivity index (χ1v) is 6.61. The van der Waals surface area contributed by atoms with Crippen LogP contribution in [0.3, 0.4) is 0 Å². The summed E-state index contributed by atoms with van der Waals surface area (Å²) in [7, 11) is 1.65. The van der Waals surface area contributed by atoms with Crippen molar-refractivity contribution >= 4 is 11.9 Å². The third kappa shape index (κ3) is 2.81. The van der Waals surface area contributed by atoms with E-state index in [0.29, 0.717) is 0 Å². The van der Waals surface area contributed by atoms with Crippen molar-refractivity contribution in [2.24, 2.45) is 5.92 Å². The number of halogens is 1. The molecule has 0 N–H and O–H groups in total. The highest BCUT2D eigenvalue weighted by molar-refractivity contribution is 5.88. The molecule has 1 aromatic rings. The largest absolute Gasteiger partial charge is 0.463 e. The zero-order valence-corrected chi connectivity index (χ0v) is 11.8. The van der Waals surface area contributed by atoms with Crippen LogP contribution in [0.1, 0.15) is 31.9 Å². The van der Waals surface area contributed by atoms with Gasteiger partial charge in [-0.2, -0.15) is 0 Å². The first-order valence-electron chi connectivity index (χ1n) is 6.61. The third-order valence-corrected chi connectivity index (χ3v) is 3.45. The Morgan fingerprint density at radius 3 is 2.50 bits per heavy atom. The summed E-state index contributed by atoms with van der Waals surface area (Å²) in [4.78, 5) is 25.5. The van der Waals surface area contributed by atoms with Gasteiger partial charge < -0.3 is 9.64 Å². The van der Waals surface area contributed by atoms with Crippen molar-refractivity contribution in [3.63, 3.8) is 0 Å². The van der Waals surface area contributed by atoms with Gasteiger partial charge in [0.05, 0.1) is 18.1 Å². The Hall–Kier alpha value is -1.91. The minimum Gasteiger partial charge on any atom is -0.463 e. The molecular formula is C15H18FNO3. The van der Waals surface area contributed by atoms with Crippen LogP contribution in [0.2, 0.25) is 0 Å². The van der Waals surface area contributed by atoms with Crippen LogP contribution in [0.25, 0.3) is 0 Å². The molecule has 1 aliphatic rings. The SMILES string of the molecule is CC(C)OC(=O)[C@@H]1CC(=O)N(C)[C@H]1c1ccc(F)cc1. The smallest absolute Gasteiger partial charge is 0.312 e. The van der Waals surface area contributed by atoms with E-state index in [0.717, 1.165) is 5.56 Å². The van der Waals surface area contributed by atoms with E-state index in [1.54, 1.807) is 33.0 Å². The van der Waals surface area contributed by atoms with Crippen LogP contribution in [0.5, 0.6) is 0 Å². The van der Waals surface area contributed by atoms with E-state index in [2.05, 4.69) is 0 Å². The van der Waals surface area contributed by atoms with Gasteiger partial charge in [-0.3, -0.25) is 9.59 Å². The van der Waals surface area contributed by atoms with Crippen LogP contribution < -0.4 is 0 Å². The highest BCUT2D eigenvalue weighted by Crippen LogP contribution is 2.37. The van der Waals surface area contributed by atoms with Gasteiger partial charge in [-0.05, 0) is 31.5 Å². The zero-order valence-electron chi connectivity index (χ0n) is 11.8. The molecule has 5 heteroatoms. The molecule has 2 atom stereocenters. The van der Waals surface area contributed by atoms with E-state index < -0.39 is 12.0 Å². The minimum absolute atomic E-state index is 0.106. The Labute approximate surface area is 117 Å². The number of ether oxygens (including phenoxy) is 1. The first kappa shape index (κ1) is 14.5. The topological polar surface area (TPSA) is 46.6 Å². The van der Waals surface area contributed by atoms with Gasteiger partial charge in [-0.25, -0.2) is 4.39 Å². The molecule has 2 rings (SSSR count). The summed E-state index contributed by atoms with van der Waals surface area (Å²) < 4.78 is 18.2. The van der Waals surface area contributed by atoms with Crippen LogP contribution in [0.4, 0.5) is 4.39 Å². The fourth-order valence-electron chi connectivity index (χ4n) is 2.52. The molecule has 0 aliphatic carbocycles. The van der Waals surface area contributed by atoms with Crippen molar-refractivity contribution in [3.8, 4) is 0 Å². The molecule has 4 nitrogen and oxygen atoms in total. The number of rotatable bonds is 3. The number of carbonyl (C=O) groups is 2. The molecule has 1 amide bonds. The quantitative estimate of drug-likeness (QED) is 0.798. The van der Waals surface area contributed by atoms with Crippen molar-refractivity contribution in [2.45, 2.75) is 32.4 Å². The fourth-order valence-corrected chi connectivity index (χ4v) is 2.52. The number of likely N-dealkylation sites (tertiary alicyclic amines) is 1. The average molecular weight is 279 g/mol. The number of hydrogen-bond donors (Lipinski definition) is 0. The maximum atomic E-state index is 13.0.